The normalized spacial score (nSPS) is 20.1. The van der Waals surface area contributed by atoms with Crippen LogP contribution in [0.15, 0.2) is 18.2 Å². The molecule has 15 heavy (non-hydrogen) atoms. The van der Waals surface area contributed by atoms with Crippen LogP contribution in [-0.4, -0.2) is 11.0 Å². The van der Waals surface area contributed by atoms with E-state index in [1.807, 2.05) is 0 Å². The molecule has 0 N–H and O–H groups in total. The lowest BCUT2D eigenvalue weighted by Crippen LogP contribution is -2.22. The van der Waals surface area contributed by atoms with E-state index in [2.05, 4.69) is 32.0 Å². The monoisotopic (exact) mass is 220 g/mol. The Morgan fingerprint density at radius 2 is 2.20 bits per heavy atom. The topological polar surface area (TPSA) is 17.1 Å². The smallest absolute Gasteiger partial charge is 0.176 e. The highest BCUT2D eigenvalue weighted by Crippen LogP contribution is 2.32. The first-order valence-corrected chi connectivity index (χ1v) is 6.58. The van der Waals surface area contributed by atoms with Crippen LogP contribution < -0.4 is 0 Å². The van der Waals surface area contributed by atoms with E-state index in [0.29, 0.717) is 5.78 Å². The second kappa shape index (κ2) is 4.40. The van der Waals surface area contributed by atoms with Gasteiger partial charge in [0.1, 0.15) is 0 Å². The summed E-state index contributed by atoms with van der Waals surface area (Å²) < 4.78 is 0. The third-order valence-corrected chi connectivity index (χ3v) is 4.38. The van der Waals surface area contributed by atoms with E-state index in [9.17, 15) is 4.79 Å². The third kappa shape index (κ3) is 1.96. The van der Waals surface area contributed by atoms with E-state index in [-0.39, 0.29) is 5.25 Å². The molecule has 0 aromatic heterocycles. The molecule has 1 aromatic carbocycles. The van der Waals surface area contributed by atoms with Gasteiger partial charge in [-0.1, -0.05) is 26.0 Å². The zero-order valence-electron chi connectivity index (χ0n) is 9.25. The molecule has 1 unspecified atom stereocenters. The molecule has 1 nitrogen and oxygen atoms in total. The Morgan fingerprint density at radius 1 is 1.40 bits per heavy atom. The van der Waals surface area contributed by atoms with Gasteiger partial charge in [-0.15, -0.1) is 11.8 Å². The van der Waals surface area contributed by atoms with Crippen molar-refractivity contribution >= 4 is 17.5 Å². The summed E-state index contributed by atoms with van der Waals surface area (Å²) in [6.45, 7) is 4.21. The molecule has 80 valence electrons. The minimum Gasteiger partial charge on any atom is -0.293 e. The molecule has 0 aliphatic carbocycles. The molecule has 1 heterocycles. The van der Waals surface area contributed by atoms with Crippen molar-refractivity contribution in [2.75, 3.05) is 0 Å². The highest BCUT2D eigenvalue weighted by Gasteiger charge is 2.26. The maximum atomic E-state index is 12.1. The van der Waals surface area contributed by atoms with Gasteiger partial charge in [-0.3, -0.25) is 4.79 Å². The molecular weight excluding hydrogens is 204 g/mol. The number of fused-ring (bicyclic) bond motifs is 1. The van der Waals surface area contributed by atoms with Gasteiger partial charge in [-0.05, 0) is 30.0 Å². The summed E-state index contributed by atoms with van der Waals surface area (Å²) in [6, 6.07) is 6.34. The molecule has 1 aliphatic rings. The maximum absolute atomic E-state index is 12.1. The molecule has 0 spiro atoms. The van der Waals surface area contributed by atoms with Crippen LogP contribution in [0.25, 0.3) is 0 Å². The highest BCUT2D eigenvalue weighted by molar-refractivity contribution is 8.00. The number of hydrogen-bond donors (Lipinski definition) is 0. The summed E-state index contributed by atoms with van der Waals surface area (Å²) in [5.41, 5.74) is 3.45. The van der Waals surface area contributed by atoms with E-state index >= 15 is 0 Å². The third-order valence-electron chi connectivity index (χ3n) is 2.95. The van der Waals surface area contributed by atoms with Gasteiger partial charge in [-0.2, -0.15) is 0 Å². The first-order valence-electron chi connectivity index (χ1n) is 5.53. The number of rotatable bonds is 2. The largest absolute Gasteiger partial charge is 0.293 e. The van der Waals surface area contributed by atoms with Crippen molar-refractivity contribution in [3.8, 4) is 0 Å². The second-order valence-corrected chi connectivity index (χ2v) is 5.11. The number of hydrogen-bond acceptors (Lipinski definition) is 2. The predicted molar refractivity (Wildman–Crippen MR) is 65.5 cm³/mol. The van der Waals surface area contributed by atoms with Crippen molar-refractivity contribution in [2.24, 2.45) is 0 Å². The predicted octanol–water partition coefficient (Wildman–Crippen LogP) is 3.46. The van der Waals surface area contributed by atoms with Gasteiger partial charge in [0.15, 0.2) is 5.78 Å². The average Bonchev–Trinajstić information content (AvgIpc) is 2.29. The summed E-state index contributed by atoms with van der Waals surface area (Å²) in [4.78, 5) is 12.1. The standard InChI is InChI=1S/C13H16OS/c1-3-9-5-6-10-8-15-12(4-2)13(14)11(10)7-9/h5-7,12H,3-4,8H2,1-2H3. The van der Waals surface area contributed by atoms with Crippen LogP contribution in [-0.2, 0) is 12.2 Å². The van der Waals surface area contributed by atoms with Crippen LogP contribution in [0.1, 0.15) is 41.8 Å². The molecule has 2 heteroatoms. The number of benzene rings is 1. The lowest BCUT2D eigenvalue weighted by atomic mass is 9.97. The van der Waals surface area contributed by atoms with Gasteiger partial charge in [0.2, 0.25) is 0 Å². The molecule has 0 bridgehead atoms. The van der Waals surface area contributed by atoms with Crippen LogP contribution in [0.4, 0.5) is 0 Å². The number of aryl methyl sites for hydroxylation is 1. The Labute approximate surface area is 95.3 Å². The van der Waals surface area contributed by atoms with Crippen molar-refractivity contribution in [3.63, 3.8) is 0 Å². The number of Topliss-reactive ketones (excluding diaryl/α,β-unsaturated/α-hetero) is 1. The molecule has 1 atom stereocenters. The minimum atomic E-state index is 0.185. The fourth-order valence-corrected chi connectivity index (χ4v) is 3.09. The zero-order chi connectivity index (χ0) is 10.8. The highest BCUT2D eigenvalue weighted by atomic mass is 32.2. The molecule has 0 saturated carbocycles. The van der Waals surface area contributed by atoms with E-state index in [4.69, 9.17) is 0 Å². The number of carbonyl (C=O) groups is 1. The lowest BCUT2D eigenvalue weighted by Gasteiger charge is -2.22. The Kier molecular flexibility index (Phi) is 3.15. The van der Waals surface area contributed by atoms with Crippen molar-refractivity contribution in [1.29, 1.82) is 0 Å². The van der Waals surface area contributed by atoms with E-state index < -0.39 is 0 Å². The van der Waals surface area contributed by atoms with Crippen LogP contribution in [0, 0.1) is 0 Å². The van der Waals surface area contributed by atoms with E-state index in [0.717, 1.165) is 24.2 Å². The molecular formula is C13H16OS. The molecule has 1 aromatic rings. The van der Waals surface area contributed by atoms with Gasteiger partial charge in [0.25, 0.3) is 0 Å². The van der Waals surface area contributed by atoms with Gasteiger partial charge in [-0.25, -0.2) is 0 Å². The number of thioether (sulfide) groups is 1. The summed E-state index contributed by atoms with van der Waals surface area (Å²) in [5, 5.41) is 0.185. The Bertz CT molecular complexity index is 384. The van der Waals surface area contributed by atoms with Gasteiger partial charge >= 0.3 is 0 Å². The maximum Gasteiger partial charge on any atom is 0.176 e. The number of carbonyl (C=O) groups excluding carboxylic acids is 1. The molecule has 1 aliphatic heterocycles. The Morgan fingerprint density at radius 3 is 2.87 bits per heavy atom. The van der Waals surface area contributed by atoms with Crippen molar-refractivity contribution in [2.45, 2.75) is 37.7 Å². The molecule has 0 radical (unpaired) electrons. The molecule has 0 saturated heterocycles. The number of ketones is 1. The fourth-order valence-electron chi connectivity index (χ4n) is 1.94. The first kappa shape index (κ1) is 10.7. The zero-order valence-corrected chi connectivity index (χ0v) is 10.1. The van der Waals surface area contributed by atoms with Gasteiger partial charge in [0.05, 0.1) is 5.25 Å². The molecule has 0 amide bonds. The first-order chi connectivity index (χ1) is 7.26. The SMILES string of the molecule is CCc1ccc2c(c1)C(=O)C(CC)SC2. The molecule has 0 fully saturated rings. The summed E-state index contributed by atoms with van der Waals surface area (Å²) in [5.74, 6) is 1.32. The van der Waals surface area contributed by atoms with Crippen molar-refractivity contribution in [1.82, 2.24) is 0 Å². The van der Waals surface area contributed by atoms with Crippen LogP contribution >= 0.6 is 11.8 Å². The second-order valence-electron chi connectivity index (χ2n) is 3.92. The fraction of sp³-hybridized carbons (Fsp3) is 0.462. The Hall–Kier alpha value is -0.760. The average molecular weight is 220 g/mol. The summed E-state index contributed by atoms with van der Waals surface area (Å²) in [6.07, 6.45) is 1.95. The van der Waals surface area contributed by atoms with Crippen LogP contribution in [0.2, 0.25) is 0 Å². The molecule has 2 rings (SSSR count). The van der Waals surface area contributed by atoms with Crippen LogP contribution in [0.3, 0.4) is 0 Å². The van der Waals surface area contributed by atoms with Crippen molar-refractivity contribution in [3.05, 3.63) is 34.9 Å². The summed E-state index contributed by atoms with van der Waals surface area (Å²) >= 11 is 1.78. The van der Waals surface area contributed by atoms with E-state index in [1.165, 1.54) is 11.1 Å². The van der Waals surface area contributed by atoms with Gasteiger partial charge in [0, 0.05) is 11.3 Å². The summed E-state index contributed by atoms with van der Waals surface area (Å²) in [7, 11) is 0. The quantitative estimate of drug-likeness (QED) is 0.759. The Balaban J connectivity index is 2.40. The van der Waals surface area contributed by atoms with Crippen molar-refractivity contribution < 1.29 is 4.79 Å². The van der Waals surface area contributed by atoms with Crippen LogP contribution in [0.5, 0.6) is 0 Å². The van der Waals surface area contributed by atoms with Gasteiger partial charge < -0.3 is 0 Å². The lowest BCUT2D eigenvalue weighted by molar-refractivity contribution is 0.0985. The van der Waals surface area contributed by atoms with E-state index in [1.54, 1.807) is 11.8 Å². The minimum absolute atomic E-state index is 0.185.